The van der Waals surface area contributed by atoms with Gasteiger partial charge >= 0.3 is 6.18 Å². The van der Waals surface area contributed by atoms with E-state index in [0.29, 0.717) is 5.69 Å². The maximum Gasteiger partial charge on any atom is 0.433 e. The molecule has 0 aromatic carbocycles. The Morgan fingerprint density at radius 3 is 2.73 bits per heavy atom. The molecule has 2 aromatic heterocycles. The first-order chi connectivity index (χ1) is 10.4. The number of nitrogens with zero attached hydrogens (tertiary/aromatic N) is 3. The van der Waals surface area contributed by atoms with Crippen LogP contribution in [0.1, 0.15) is 5.69 Å². The summed E-state index contributed by atoms with van der Waals surface area (Å²) in [6.07, 6.45) is -2.10. The number of thioether (sulfide) groups is 1. The van der Waals surface area contributed by atoms with E-state index < -0.39 is 17.8 Å². The minimum absolute atomic E-state index is 0.121. The first kappa shape index (κ1) is 16.5. The van der Waals surface area contributed by atoms with Crippen molar-refractivity contribution in [2.75, 3.05) is 11.1 Å². The molecule has 10 heteroatoms. The van der Waals surface area contributed by atoms with Gasteiger partial charge in [0, 0.05) is 12.4 Å². The van der Waals surface area contributed by atoms with E-state index in [1.54, 1.807) is 12.1 Å². The molecule has 0 unspecified atom stereocenters. The van der Waals surface area contributed by atoms with Gasteiger partial charge in [-0.05, 0) is 18.2 Å². The molecule has 1 N–H and O–H groups in total. The van der Waals surface area contributed by atoms with Crippen LogP contribution >= 0.6 is 23.4 Å². The molecule has 5 nitrogen and oxygen atoms in total. The maximum absolute atomic E-state index is 12.5. The van der Waals surface area contributed by atoms with Gasteiger partial charge in [0.25, 0.3) is 0 Å². The van der Waals surface area contributed by atoms with E-state index in [0.717, 1.165) is 24.0 Å². The Kier molecular flexibility index (Phi) is 5.19. The lowest BCUT2D eigenvalue weighted by Gasteiger charge is -2.07. The van der Waals surface area contributed by atoms with E-state index in [1.165, 1.54) is 6.20 Å². The number of aromatic nitrogens is 3. The summed E-state index contributed by atoms with van der Waals surface area (Å²) in [6, 6.07) is 3.91. The van der Waals surface area contributed by atoms with Gasteiger partial charge in [0.15, 0.2) is 10.3 Å². The first-order valence-electron chi connectivity index (χ1n) is 5.79. The second-order valence-electron chi connectivity index (χ2n) is 3.90. The van der Waals surface area contributed by atoms with Gasteiger partial charge in [-0.25, -0.2) is 15.0 Å². The maximum atomic E-state index is 12.5. The van der Waals surface area contributed by atoms with Gasteiger partial charge in [0.1, 0.15) is 5.69 Å². The molecule has 0 radical (unpaired) electrons. The largest absolute Gasteiger partial charge is 0.433 e. The highest BCUT2D eigenvalue weighted by Crippen LogP contribution is 2.28. The Morgan fingerprint density at radius 2 is 2.05 bits per heavy atom. The molecule has 2 heterocycles. The van der Waals surface area contributed by atoms with Gasteiger partial charge in [-0.3, -0.25) is 4.79 Å². The third-order valence-corrected chi connectivity index (χ3v) is 3.45. The number of pyridine rings is 1. The van der Waals surface area contributed by atoms with E-state index in [2.05, 4.69) is 20.3 Å². The smallest absolute Gasteiger partial charge is 0.323 e. The summed E-state index contributed by atoms with van der Waals surface area (Å²) in [4.78, 5) is 22.5. The molecule has 0 aliphatic heterocycles. The number of nitrogens with one attached hydrogen (secondary N) is 1. The SMILES string of the molecule is O=C(CSc1nccc(C(F)(F)F)n1)Nc1cccnc1Cl. The van der Waals surface area contributed by atoms with Crippen molar-refractivity contribution in [1.82, 2.24) is 15.0 Å². The fourth-order valence-electron chi connectivity index (χ4n) is 1.36. The zero-order valence-corrected chi connectivity index (χ0v) is 12.3. The number of hydrogen-bond donors (Lipinski definition) is 1. The average Bonchev–Trinajstić information content (AvgIpc) is 2.47. The molecular weight excluding hydrogens is 341 g/mol. The summed E-state index contributed by atoms with van der Waals surface area (Å²) in [7, 11) is 0. The van der Waals surface area contributed by atoms with Gasteiger partial charge < -0.3 is 5.32 Å². The number of halogens is 4. The van der Waals surface area contributed by atoms with Crippen molar-refractivity contribution in [3.05, 3.63) is 41.4 Å². The monoisotopic (exact) mass is 348 g/mol. The summed E-state index contributed by atoms with van der Waals surface area (Å²) >= 11 is 6.56. The molecule has 2 aromatic rings. The Morgan fingerprint density at radius 1 is 1.27 bits per heavy atom. The summed E-state index contributed by atoms with van der Waals surface area (Å²) < 4.78 is 37.5. The molecular formula is C12H8ClF3N4OS. The number of carbonyl (C=O) groups is 1. The van der Waals surface area contributed by atoms with Crippen LogP contribution in [0.3, 0.4) is 0 Å². The molecule has 0 aliphatic carbocycles. The van der Waals surface area contributed by atoms with Crippen molar-refractivity contribution in [3.8, 4) is 0 Å². The number of rotatable bonds is 4. The van der Waals surface area contributed by atoms with Crippen molar-refractivity contribution < 1.29 is 18.0 Å². The van der Waals surface area contributed by atoms with Gasteiger partial charge in [-0.1, -0.05) is 23.4 Å². The highest BCUT2D eigenvalue weighted by atomic mass is 35.5. The normalized spacial score (nSPS) is 11.3. The standard InChI is InChI=1S/C12H8ClF3N4OS/c13-10-7(2-1-4-17-10)19-9(21)6-22-11-18-5-3-8(20-11)12(14,15)16/h1-5H,6H2,(H,19,21). The molecule has 2 rings (SSSR count). The van der Waals surface area contributed by atoms with Crippen LogP contribution in [-0.2, 0) is 11.0 Å². The second kappa shape index (κ2) is 6.93. The topological polar surface area (TPSA) is 67.8 Å². The van der Waals surface area contributed by atoms with Gasteiger partial charge in [-0.15, -0.1) is 0 Å². The number of anilines is 1. The molecule has 0 saturated carbocycles. The Balaban J connectivity index is 1.96. The molecule has 0 saturated heterocycles. The third-order valence-electron chi connectivity index (χ3n) is 2.29. The van der Waals surface area contributed by atoms with Crippen molar-refractivity contribution in [2.24, 2.45) is 0 Å². The van der Waals surface area contributed by atoms with E-state index in [-0.39, 0.29) is 16.1 Å². The Hall–Kier alpha value is -1.87. The summed E-state index contributed by atoms with van der Waals surface area (Å²) in [6.45, 7) is 0. The number of amides is 1. The lowest BCUT2D eigenvalue weighted by atomic mass is 10.4. The first-order valence-corrected chi connectivity index (χ1v) is 7.16. The van der Waals surface area contributed by atoms with Crippen molar-refractivity contribution in [1.29, 1.82) is 0 Å². The van der Waals surface area contributed by atoms with E-state index in [1.807, 2.05) is 0 Å². The molecule has 0 bridgehead atoms. The van der Waals surface area contributed by atoms with Crippen LogP contribution in [-0.4, -0.2) is 26.6 Å². The summed E-state index contributed by atoms with van der Waals surface area (Å²) in [5.74, 6) is -0.618. The molecule has 1 amide bonds. The lowest BCUT2D eigenvalue weighted by Crippen LogP contribution is -2.15. The quantitative estimate of drug-likeness (QED) is 0.522. The van der Waals surface area contributed by atoms with Crippen LogP contribution in [0, 0.1) is 0 Å². The highest BCUT2D eigenvalue weighted by Gasteiger charge is 2.32. The second-order valence-corrected chi connectivity index (χ2v) is 5.20. The predicted molar refractivity (Wildman–Crippen MR) is 75.6 cm³/mol. The minimum atomic E-state index is -4.55. The fourth-order valence-corrected chi connectivity index (χ4v) is 2.16. The van der Waals surface area contributed by atoms with E-state index in [4.69, 9.17) is 11.6 Å². The molecule has 0 spiro atoms. The van der Waals surface area contributed by atoms with Crippen LogP contribution < -0.4 is 5.32 Å². The van der Waals surface area contributed by atoms with Crippen molar-refractivity contribution in [3.63, 3.8) is 0 Å². The zero-order valence-electron chi connectivity index (χ0n) is 10.8. The van der Waals surface area contributed by atoms with Crippen LogP contribution in [0.4, 0.5) is 18.9 Å². The predicted octanol–water partition coefficient (Wildman–Crippen LogP) is 3.27. The molecule has 0 atom stereocenters. The molecule has 116 valence electrons. The van der Waals surface area contributed by atoms with Gasteiger partial charge in [-0.2, -0.15) is 13.2 Å². The fraction of sp³-hybridized carbons (Fsp3) is 0.167. The highest BCUT2D eigenvalue weighted by molar-refractivity contribution is 7.99. The minimum Gasteiger partial charge on any atom is -0.323 e. The Bertz CT molecular complexity index is 683. The van der Waals surface area contributed by atoms with Crippen LogP contribution in [0.5, 0.6) is 0 Å². The van der Waals surface area contributed by atoms with Crippen LogP contribution in [0.15, 0.2) is 35.7 Å². The van der Waals surface area contributed by atoms with E-state index in [9.17, 15) is 18.0 Å². The summed E-state index contributed by atoms with van der Waals surface area (Å²) in [5, 5.41) is 2.48. The van der Waals surface area contributed by atoms with Crippen molar-refractivity contribution >= 4 is 35.0 Å². The average molecular weight is 349 g/mol. The van der Waals surface area contributed by atoms with Gasteiger partial charge in [0.2, 0.25) is 5.91 Å². The number of alkyl halides is 3. The molecule has 22 heavy (non-hydrogen) atoms. The summed E-state index contributed by atoms with van der Waals surface area (Å²) in [5.41, 5.74) is -0.736. The number of hydrogen-bond acceptors (Lipinski definition) is 5. The lowest BCUT2D eigenvalue weighted by molar-refractivity contribution is -0.141. The molecule has 0 fully saturated rings. The number of carbonyl (C=O) groups excluding carboxylic acids is 1. The van der Waals surface area contributed by atoms with E-state index >= 15 is 0 Å². The van der Waals surface area contributed by atoms with Crippen molar-refractivity contribution in [2.45, 2.75) is 11.3 Å². The van der Waals surface area contributed by atoms with Gasteiger partial charge in [0.05, 0.1) is 11.4 Å². The van der Waals surface area contributed by atoms with Crippen LogP contribution in [0.25, 0.3) is 0 Å². The third kappa shape index (κ3) is 4.57. The van der Waals surface area contributed by atoms with Crippen LogP contribution in [0.2, 0.25) is 5.15 Å². The Labute approximate surface area is 132 Å². The zero-order chi connectivity index (χ0) is 16.2. The molecule has 0 aliphatic rings.